The maximum Gasteiger partial charge on any atom is 0.271 e. The monoisotopic (exact) mass is 434 g/mol. The highest BCUT2D eigenvalue weighted by Crippen LogP contribution is 2.47. The molecule has 0 saturated carbocycles. The van der Waals surface area contributed by atoms with E-state index in [1.165, 1.54) is 10.9 Å². The van der Waals surface area contributed by atoms with Crippen molar-refractivity contribution in [1.82, 2.24) is 9.78 Å². The van der Waals surface area contributed by atoms with Crippen LogP contribution in [0.4, 0.5) is 0 Å². The molecule has 33 heavy (non-hydrogen) atoms. The lowest BCUT2D eigenvalue weighted by molar-refractivity contribution is 0.0956. The molecule has 3 aromatic carbocycles. The first kappa shape index (κ1) is 21.4. The van der Waals surface area contributed by atoms with Gasteiger partial charge in [-0.3, -0.25) is 4.79 Å². The van der Waals surface area contributed by atoms with Crippen LogP contribution in [0, 0.1) is 5.92 Å². The quantitative estimate of drug-likeness (QED) is 0.309. The van der Waals surface area contributed by atoms with Gasteiger partial charge in [0.25, 0.3) is 5.91 Å². The van der Waals surface area contributed by atoms with Crippen molar-refractivity contribution in [3.63, 3.8) is 0 Å². The van der Waals surface area contributed by atoms with Crippen LogP contribution in [0.3, 0.4) is 0 Å². The van der Waals surface area contributed by atoms with Gasteiger partial charge in [-0.25, -0.2) is 0 Å². The van der Waals surface area contributed by atoms with E-state index in [0.29, 0.717) is 17.8 Å². The molecule has 0 unspecified atom stereocenters. The van der Waals surface area contributed by atoms with E-state index in [1.807, 2.05) is 36.4 Å². The number of aromatic nitrogens is 2. The fourth-order valence-electron chi connectivity index (χ4n) is 5.22. The van der Waals surface area contributed by atoms with Crippen LogP contribution < -0.4 is 0 Å². The highest BCUT2D eigenvalue weighted by Gasteiger charge is 2.35. The lowest BCUT2D eigenvalue weighted by Gasteiger charge is -2.29. The summed E-state index contributed by atoms with van der Waals surface area (Å²) in [6.07, 6.45) is 5.76. The fraction of sp³-hybridized carbons (Fsp3) is 0.267. The first-order valence-corrected chi connectivity index (χ1v) is 11.9. The van der Waals surface area contributed by atoms with Crippen molar-refractivity contribution in [2.24, 2.45) is 5.92 Å². The van der Waals surface area contributed by atoms with Gasteiger partial charge in [0.15, 0.2) is 0 Å². The molecule has 1 aromatic heterocycles. The summed E-state index contributed by atoms with van der Waals surface area (Å²) >= 11 is 0. The average Bonchev–Trinajstić information content (AvgIpc) is 3.24. The van der Waals surface area contributed by atoms with E-state index in [-0.39, 0.29) is 5.91 Å². The summed E-state index contributed by atoms with van der Waals surface area (Å²) in [5.74, 6) is 1.11. The number of nitrogens with zero attached hydrogens (tertiary/aromatic N) is 2. The molecule has 0 saturated heterocycles. The molecule has 0 N–H and O–H groups in total. The van der Waals surface area contributed by atoms with E-state index in [9.17, 15) is 4.79 Å². The zero-order valence-electron chi connectivity index (χ0n) is 19.5. The van der Waals surface area contributed by atoms with Gasteiger partial charge in [0, 0.05) is 23.1 Å². The smallest absolute Gasteiger partial charge is 0.267 e. The largest absolute Gasteiger partial charge is 0.271 e. The van der Waals surface area contributed by atoms with Crippen molar-refractivity contribution in [3.05, 3.63) is 95.7 Å². The Bertz CT molecular complexity index is 1320. The van der Waals surface area contributed by atoms with Crippen LogP contribution in [-0.2, 0) is 0 Å². The second-order valence-electron chi connectivity index (χ2n) is 9.50. The van der Waals surface area contributed by atoms with Crippen molar-refractivity contribution < 1.29 is 4.79 Å². The minimum atomic E-state index is -0.106. The molecule has 1 aliphatic carbocycles. The summed E-state index contributed by atoms with van der Waals surface area (Å²) in [4.78, 5) is 13.6. The molecule has 166 valence electrons. The zero-order valence-corrected chi connectivity index (χ0v) is 19.5. The van der Waals surface area contributed by atoms with Gasteiger partial charge >= 0.3 is 0 Å². The number of rotatable bonds is 4. The molecular formula is C30H30N2O. The fourth-order valence-corrected chi connectivity index (χ4v) is 5.22. The van der Waals surface area contributed by atoms with Gasteiger partial charge < -0.3 is 0 Å². The Morgan fingerprint density at radius 3 is 2.48 bits per heavy atom. The van der Waals surface area contributed by atoms with E-state index in [2.05, 4.69) is 63.2 Å². The highest BCUT2D eigenvalue weighted by atomic mass is 16.2. The van der Waals surface area contributed by atoms with E-state index in [4.69, 9.17) is 5.10 Å². The molecule has 0 bridgehead atoms. The lowest BCUT2D eigenvalue weighted by Crippen LogP contribution is -2.17. The summed E-state index contributed by atoms with van der Waals surface area (Å²) in [6, 6.07) is 24.7. The minimum absolute atomic E-state index is 0.106. The van der Waals surface area contributed by atoms with Gasteiger partial charge in [-0.1, -0.05) is 93.6 Å². The van der Waals surface area contributed by atoms with Crippen LogP contribution in [0.5, 0.6) is 0 Å². The van der Waals surface area contributed by atoms with Gasteiger partial charge in [0.1, 0.15) is 0 Å². The summed E-state index contributed by atoms with van der Waals surface area (Å²) in [5.41, 5.74) is 5.40. The van der Waals surface area contributed by atoms with Crippen LogP contribution in [0.15, 0.2) is 78.9 Å². The molecule has 5 rings (SSSR count). The predicted molar refractivity (Wildman–Crippen MR) is 136 cm³/mol. The third-order valence-electron chi connectivity index (χ3n) is 6.98. The number of allylic oxidation sites excluding steroid dienone is 1. The molecule has 0 amide bonds. The predicted octanol–water partition coefficient (Wildman–Crippen LogP) is 7.69. The third kappa shape index (κ3) is 3.93. The molecule has 0 aliphatic heterocycles. The van der Waals surface area contributed by atoms with E-state index in [1.54, 1.807) is 10.8 Å². The van der Waals surface area contributed by atoms with Gasteiger partial charge in [0.2, 0.25) is 0 Å². The molecule has 0 fully saturated rings. The average molecular weight is 435 g/mol. The molecule has 1 heterocycles. The molecule has 0 spiro atoms. The second kappa shape index (κ2) is 8.82. The summed E-state index contributed by atoms with van der Waals surface area (Å²) < 4.78 is 1.67. The van der Waals surface area contributed by atoms with E-state index >= 15 is 0 Å². The molecule has 3 heteroatoms. The Hall–Kier alpha value is -3.46. The minimum Gasteiger partial charge on any atom is -0.267 e. The van der Waals surface area contributed by atoms with Crippen molar-refractivity contribution in [1.29, 1.82) is 0 Å². The molecule has 1 aliphatic rings. The Balaban J connectivity index is 1.73. The van der Waals surface area contributed by atoms with Gasteiger partial charge in [0.05, 0.1) is 11.4 Å². The van der Waals surface area contributed by atoms with Gasteiger partial charge in [-0.15, -0.1) is 0 Å². The number of benzene rings is 3. The zero-order chi connectivity index (χ0) is 22.9. The first-order valence-electron chi connectivity index (χ1n) is 11.9. The number of hydrogen-bond acceptors (Lipinski definition) is 2. The molecule has 4 aromatic rings. The first-order chi connectivity index (χ1) is 16.0. The van der Waals surface area contributed by atoms with E-state index in [0.717, 1.165) is 40.7 Å². The SMILES string of the molecule is CC(C)[C@H]1CC[C@H](C)c2c1nn(C(=O)/C=C\c1ccccc1)c2-c1cccc2ccccc12. The Morgan fingerprint density at radius 2 is 1.70 bits per heavy atom. The van der Waals surface area contributed by atoms with Crippen molar-refractivity contribution >= 4 is 22.8 Å². The maximum absolute atomic E-state index is 13.6. The number of carbonyl (C=O) groups excluding carboxylic acids is 1. The Morgan fingerprint density at radius 1 is 0.970 bits per heavy atom. The topological polar surface area (TPSA) is 34.9 Å². The van der Waals surface area contributed by atoms with Gasteiger partial charge in [-0.2, -0.15) is 9.78 Å². The van der Waals surface area contributed by atoms with Crippen LogP contribution in [0.25, 0.3) is 28.1 Å². The van der Waals surface area contributed by atoms with Gasteiger partial charge in [-0.05, 0) is 47.1 Å². The summed E-state index contributed by atoms with van der Waals surface area (Å²) in [6.45, 7) is 6.80. The Kier molecular flexibility index (Phi) is 5.72. The highest BCUT2D eigenvalue weighted by molar-refractivity contribution is 6.01. The second-order valence-corrected chi connectivity index (χ2v) is 9.50. The molecule has 2 atom stereocenters. The Labute approximate surface area is 195 Å². The maximum atomic E-state index is 13.6. The summed E-state index contributed by atoms with van der Waals surface area (Å²) in [7, 11) is 0. The van der Waals surface area contributed by atoms with Crippen molar-refractivity contribution in [2.75, 3.05) is 0 Å². The normalized spacial score (nSPS) is 18.2. The summed E-state index contributed by atoms with van der Waals surface area (Å²) in [5, 5.41) is 7.34. The lowest BCUT2D eigenvalue weighted by atomic mass is 9.75. The van der Waals surface area contributed by atoms with E-state index < -0.39 is 0 Å². The third-order valence-corrected chi connectivity index (χ3v) is 6.98. The van der Waals surface area contributed by atoms with Crippen LogP contribution in [-0.4, -0.2) is 15.7 Å². The number of carbonyl (C=O) groups is 1. The molecular weight excluding hydrogens is 404 g/mol. The standard InChI is InChI=1S/C30H30N2O/c1-20(2)24-18-16-21(3)28-29(24)31-32(27(33)19-17-22-10-5-4-6-11-22)30(28)26-15-9-13-23-12-7-8-14-25(23)26/h4-15,17,19-21,24H,16,18H2,1-3H3/b19-17-/t21-,24+/m0/s1. The van der Waals surface area contributed by atoms with Crippen LogP contribution in [0.1, 0.15) is 67.1 Å². The number of fused-ring (bicyclic) bond motifs is 2. The molecule has 3 nitrogen and oxygen atoms in total. The molecule has 0 radical (unpaired) electrons. The van der Waals surface area contributed by atoms with Crippen molar-refractivity contribution in [3.8, 4) is 11.3 Å². The van der Waals surface area contributed by atoms with Crippen molar-refractivity contribution in [2.45, 2.75) is 45.4 Å². The number of hydrogen-bond donors (Lipinski definition) is 0. The van der Waals surface area contributed by atoms with Crippen LogP contribution in [0.2, 0.25) is 0 Å². The van der Waals surface area contributed by atoms with Crippen LogP contribution >= 0.6 is 0 Å².